The first-order chi connectivity index (χ1) is 16.3. The van der Waals surface area contributed by atoms with Crippen LogP contribution in [0.4, 0.5) is 4.79 Å². The Bertz CT molecular complexity index is 1040. The molecule has 8 heteroatoms. The summed E-state index contributed by atoms with van der Waals surface area (Å²) in [5, 5.41) is 23.9. The van der Waals surface area contributed by atoms with Gasteiger partial charge in [-0.3, -0.25) is 4.79 Å². The number of carbonyl (C=O) groups excluding carboxylic acids is 2. The molecule has 180 valence electrons. The van der Waals surface area contributed by atoms with E-state index < -0.39 is 30.1 Å². The van der Waals surface area contributed by atoms with Gasteiger partial charge in [0.15, 0.2) is 5.54 Å². The summed E-state index contributed by atoms with van der Waals surface area (Å²) in [6.45, 7) is 0.764. The quantitative estimate of drug-likeness (QED) is 0.474. The number of carboxylic acids is 1. The Kier molecular flexibility index (Phi) is 6.88. The lowest BCUT2D eigenvalue weighted by Crippen LogP contribution is -2.55. The molecule has 34 heavy (non-hydrogen) atoms. The molecule has 4 rings (SSSR count). The van der Waals surface area contributed by atoms with Crippen molar-refractivity contribution < 1.29 is 29.3 Å². The fraction of sp³-hybridized carbons (Fsp3) is 0.423. The van der Waals surface area contributed by atoms with Crippen LogP contribution < -0.4 is 10.6 Å². The van der Waals surface area contributed by atoms with Gasteiger partial charge in [0, 0.05) is 18.4 Å². The van der Waals surface area contributed by atoms with Crippen molar-refractivity contribution in [2.24, 2.45) is 5.92 Å². The lowest BCUT2D eigenvalue weighted by atomic mass is 9.97. The Morgan fingerprint density at radius 1 is 1.03 bits per heavy atom. The van der Waals surface area contributed by atoms with Crippen molar-refractivity contribution in [1.82, 2.24) is 10.6 Å². The normalized spacial score (nSPS) is 20.6. The van der Waals surface area contributed by atoms with Crippen molar-refractivity contribution in [1.29, 1.82) is 0 Å². The summed E-state index contributed by atoms with van der Waals surface area (Å²) in [4.78, 5) is 36.4. The third kappa shape index (κ3) is 4.77. The lowest BCUT2D eigenvalue weighted by Gasteiger charge is -2.26. The number of benzene rings is 2. The highest BCUT2D eigenvalue weighted by Gasteiger charge is 2.37. The van der Waals surface area contributed by atoms with Crippen molar-refractivity contribution in [3.63, 3.8) is 0 Å². The zero-order chi connectivity index (χ0) is 24.3. The summed E-state index contributed by atoms with van der Waals surface area (Å²) >= 11 is 0. The van der Waals surface area contributed by atoms with Crippen LogP contribution in [0.25, 0.3) is 11.1 Å². The highest BCUT2D eigenvalue weighted by Crippen LogP contribution is 2.44. The number of fused-ring (bicyclic) bond motifs is 3. The average Bonchev–Trinajstić information content (AvgIpc) is 3.39. The molecular weight excluding hydrogens is 436 g/mol. The maximum absolute atomic E-state index is 12.6. The number of hydrogen-bond acceptors (Lipinski definition) is 5. The van der Waals surface area contributed by atoms with E-state index in [1.54, 1.807) is 0 Å². The van der Waals surface area contributed by atoms with E-state index in [4.69, 9.17) is 4.74 Å². The Balaban J connectivity index is 1.33. The van der Waals surface area contributed by atoms with Crippen LogP contribution >= 0.6 is 0 Å². The van der Waals surface area contributed by atoms with Crippen LogP contribution in [-0.4, -0.2) is 53.0 Å². The van der Waals surface area contributed by atoms with Crippen molar-refractivity contribution >= 4 is 18.0 Å². The average molecular weight is 467 g/mol. The van der Waals surface area contributed by atoms with Crippen molar-refractivity contribution in [3.8, 4) is 11.1 Å². The molecule has 0 aromatic heterocycles. The molecule has 0 aliphatic heterocycles. The largest absolute Gasteiger partial charge is 0.479 e. The van der Waals surface area contributed by atoms with Gasteiger partial charge in [-0.05, 0) is 47.9 Å². The van der Waals surface area contributed by atoms with E-state index in [2.05, 4.69) is 34.9 Å². The minimum absolute atomic E-state index is 0.0320. The van der Waals surface area contributed by atoms with E-state index in [-0.39, 0.29) is 30.9 Å². The SMILES string of the molecule is CC(CO)(NC(=O)CC1CCCC1NC(=O)OCC1c2ccccc2-c2ccccc21)C(=O)O. The highest BCUT2D eigenvalue weighted by atomic mass is 16.5. The topological polar surface area (TPSA) is 125 Å². The molecule has 0 radical (unpaired) electrons. The number of hydrogen-bond donors (Lipinski definition) is 4. The van der Waals surface area contributed by atoms with E-state index >= 15 is 0 Å². The molecule has 2 aliphatic rings. The maximum Gasteiger partial charge on any atom is 0.407 e. The number of rotatable bonds is 8. The smallest absolute Gasteiger partial charge is 0.407 e. The van der Waals surface area contributed by atoms with Gasteiger partial charge in [0.25, 0.3) is 0 Å². The summed E-state index contributed by atoms with van der Waals surface area (Å²) in [5.74, 6) is -1.93. The van der Waals surface area contributed by atoms with E-state index in [0.717, 1.165) is 41.5 Å². The second-order valence-corrected chi connectivity index (χ2v) is 9.32. The maximum atomic E-state index is 12.6. The van der Waals surface area contributed by atoms with Crippen LogP contribution in [0.5, 0.6) is 0 Å². The monoisotopic (exact) mass is 466 g/mol. The number of aliphatic hydroxyl groups is 1. The molecule has 2 aromatic carbocycles. The first kappa shape index (κ1) is 23.8. The van der Waals surface area contributed by atoms with E-state index in [9.17, 15) is 24.6 Å². The Labute approximate surface area is 198 Å². The lowest BCUT2D eigenvalue weighted by molar-refractivity contribution is -0.148. The molecular formula is C26H30N2O6. The van der Waals surface area contributed by atoms with Crippen LogP contribution in [0.2, 0.25) is 0 Å². The van der Waals surface area contributed by atoms with Crippen molar-refractivity contribution in [2.75, 3.05) is 13.2 Å². The van der Waals surface area contributed by atoms with Crippen LogP contribution in [-0.2, 0) is 14.3 Å². The molecule has 1 fully saturated rings. The number of alkyl carbamates (subject to hydrolysis) is 1. The van der Waals surface area contributed by atoms with Crippen LogP contribution in [0.1, 0.15) is 49.7 Å². The number of aliphatic carboxylic acids is 1. The molecule has 0 bridgehead atoms. The second kappa shape index (κ2) is 9.85. The number of nitrogens with one attached hydrogen (secondary N) is 2. The molecule has 8 nitrogen and oxygen atoms in total. The molecule has 0 spiro atoms. The zero-order valence-electron chi connectivity index (χ0n) is 19.1. The summed E-state index contributed by atoms with van der Waals surface area (Å²) in [6, 6.07) is 16.0. The zero-order valence-corrected chi connectivity index (χ0v) is 19.1. The third-order valence-electron chi connectivity index (χ3n) is 6.96. The Hall–Kier alpha value is -3.39. The third-order valence-corrected chi connectivity index (χ3v) is 6.96. The number of ether oxygens (including phenoxy) is 1. The van der Waals surface area contributed by atoms with Gasteiger partial charge in [0.1, 0.15) is 6.61 Å². The highest BCUT2D eigenvalue weighted by molar-refractivity contribution is 5.87. The van der Waals surface area contributed by atoms with E-state index in [1.807, 2.05) is 24.3 Å². The van der Waals surface area contributed by atoms with Crippen molar-refractivity contribution in [2.45, 2.75) is 50.1 Å². The molecule has 2 aromatic rings. The Morgan fingerprint density at radius 3 is 2.24 bits per heavy atom. The fourth-order valence-electron chi connectivity index (χ4n) is 5.02. The molecule has 4 N–H and O–H groups in total. The molecule has 0 heterocycles. The second-order valence-electron chi connectivity index (χ2n) is 9.32. The predicted molar refractivity (Wildman–Crippen MR) is 125 cm³/mol. The van der Waals surface area contributed by atoms with Gasteiger partial charge in [-0.1, -0.05) is 55.0 Å². The van der Waals surface area contributed by atoms with Gasteiger partial charge in [0.2, 0.25) is 5.91 Å². The molecule has 0 saturated heterocycles. The van der Waals surface area contributed by atoms with Gasteiger partial charge >= 0.3 is 12.1 Å². The first-order valence-corrected chi connectivity index (χ1v) is 11.6. The van der Waals surface area contributed by atoms with Crippen LogP contribution in [0.3, 0.4) is 0 Å². The van der Waals surface area contributed by atoms with Gasteiger partial charge in [0.05, 0.1) is 6.61 Å². The van der Waals surface area contributed by atoms with E-state index in [1.165, 1.54) is 6.92 Å². The molecule has 2 amide bonds. The van der Waals surface area contributed by atoms with Gasteiger partial charge in [-0.15, -0.1) is 0 Å². The molecule has 3 unspecified atom stereocenters. The predicted octanol–water partition coefficient (Wildman–Crippen LogP) is 3.04. The minimum Gasteiger partial charge on any atom is -0.479 e. The summed E-state index contributed by atoms with van der Waals surface area (Å²) in [6.07, 6.45) is 1.85. The first-order valence-electron chi connectivity index (χ1n) is 11.6. The summed E-state index contributed by atoms with van der Waals surface area (Å²) in [5.41, 5.74) is 2.86. The number of amides is 2. The van der Waals surface area contributed by atoms with Gasteiger partial charge < -0.3 is 25.6 Å². The molecule has 1 saturated carbocycles. The van der Waals surface area contributed by atoms with Gasteiger partial charge in [-0.25, -0.2) is 9.59 Å². The number of aliphatic hydroxyl groups excluding tert-OH is 1. The summed E-state index contributed by atoms with van der Waals surface area (Å²) < 4.78 is 5.62. The number of carboxylic acid groups (broad SMARTS) is 1. The standard InChI is InChI=1S/C26H30N2O6/c1-26(15-29,24(31)32)28-23(30)13-16-7-6-12-22(16)27-25(33)34-14-21-19-10-4-2-8-17(19)18-9-3-5-11-20(18)21/h2-5,8-11,16,21-22,29H,6-7,12-15H2,1H3,(H,27,33)(H,28,30)(H,31,32). The van der Waals surface area contributed by atoms with Crippen LogP contribution in [0.15, 0.2) is 48.5 Å². The van der Waals surface area contributed by atoms with E-state index in [0.29, 0.717) is 0 Å². The summed E-state index contributed by atoms with van der Waals surface area (Å²) in [7, 11) is 0. The Morgan fingerprint density at radius 2 is 1.65 bits per heavy atom. The number of carbonyl (C=O) groups is 3. The molecule has 3 atom stereocenters. The fourth-order valence-corrected chi connectivity index (χ4v) is 5.02. The molecule has 2 aliphatic carbocycles. The van der Waals surface area contributed by atoms with Crippen LogP contribution in [0, 0.1) is 5.92 Å². The van der Waals surface area contributed by atoms with Gasteiger partial charge in [-0.2, -0.15) is 0 Å². The minimum atomic E-state index is -1.73. The van der Waals surface area contributed by atoms with Crippen molar-refractivity contribution in [3.05, 3.63) is 59.7 Å².